The van der Waals surface area contributed by atoms with Gasteiger partial charge >= 0.3 is 0 Å². The third-order valence-corrected chi connectivity index (χ3v) is 6.30. The summed E-state index contributed by atoms with van der Waals surface area (Å²) in [4.78, 5) is 0. The molecule has 0 amide bonds. The molecule has 6 heteroatoms. The number of methoxy groups -OCH3 is 4. The average molecular weight is 403 g/mol. The molecule has 2 saturated carbocycles. The van der Waals surface area contributed by atoms with Gasteiger partial charge in [-0.25, -0.2) is 0 Å². The number of rotatable bonds is 13. The second kappa shape index (κ2) is 13.9. The van der Waals surface area contributed by atoms with E-state index >= 15 is 0 Å². The zero-order chi connectivity index (χ0) is 20.2. The van der Waals surface area contributed by atoms with E-state index in [1.54, 1.807) is 28.4 Å². The Morgan fingerprint density at radius 3 is 1.18 bits per heavy atom. The fourth-order valence-electron chi connectivity index (χ4n) is 4.51. The third kappa shape index (κ3) is 7.54. The van der Waals surface area contributed by atoms with Crippen molar-refractivity contribution < 1.29 is 28.4 Å². The fourth-order valence-corrected chi connectivity index (χ4v) is 4.51. The molecular weight excluding hydrogens is 360 g/mol. The van der Waals surface area contributed by atoms with Crippen LogP contribution < -0.4 is 0 Å². The van der Waals surface area contributed by atoms with E-state index in [-0.39, 0.29) is 24.4 Å². The van der Waals surface area contributed by atoms with Gasteiger partial charge in [-0.15, -0.1) is 0 Å². The first kappa shape index (κ1) is 24.0. The summed E-state index contributed by atoms with van der Waals surface area (Å²) in [6.45, 7) is 0.999. The lowest BCUT2D eigenvalue weighted by Gasteiger charge is -2.36. The number of hydrogen-bond acceptors (Lipinski definition) is 6. The summed E-state index contributed by atoms with van der Waals surface area (Å²) in [6.07, 6.45) is 11.8. The molecule has 0 heterocycles. The second-order valence-corrected chi connectivity index (χ2v) is 8.14. The van der Waals surface area contributed by atoms with E-state index in [1.165, 1.54) is 38.5 Å². The highest BCUT2D eigenvalue weighted by atomic mass is 16.6. The van der Waals surface area contributed by atoms with Crippen LogP contribution in [0.3, 0.4) is 0 Å². The molecule has 0 aliphatic heterocycles. The molecule has 2 fully saturated rings. The van der Waals surface area contributed by atoms with Gasteiger partial charge in [0.05, 0.1) is 25.4 Å². The largest absolute Gasteiger partial charge is 0.376 e. The zero-order valence-electron chi connectivity index (χ0n) is 18.4. The minimum Gasteiger partial charge on any atom is -0.376 e. The van der Waals surface area contributed by atoms with E-state index in [1.807, 2.05) is 0 Å². The smallest absolute Gasteiger partial charge is 0.114 e. The summed E-state index contributed by atoms with van der Waals surface area (Å²) >= 11 is 0. The van der Waals surface area contributed by atoms with Gasteiger partial charge in [0.1, 0.15) is 24.4 Å². The van der Waals surface area contributed by atoms with Gasteiger partial charge in [0.25, 0.3) is 0 Å². The van der Waals surface area contributed by atoms with Gasteiger partial charge in [-0.2, -0.15) is 0 Å². The Hall–Kier alpha value is -0.240. The average Bonchev–Trinajstić information content (AvgIpc) is 2.76. The Kier molecular flexibility index (Phi) is 11.9. The molecule has 0 aromatic carbocycles. The Morgan fingerprint density at radius 1 is 0.536 bits per heavy atom. The van der Waals surface area contributed by atoms with Crippen LogP contribution in [-0.4, -0.2) is 78.3 Å². The van der Waals surface area contributed by atoms with Crippen LogP contribution in [0, 0.1) is 0 Å². The van der Waals surface area contributed by atoms with E-state index in [2.05, 4.69) is 0 Å². The molecule has 0 unspecified atom stereocenters. The summed E-state index contributed by atoms with van der Waals surface area (Å²) in [5.74, 6) is 0. The van der Waals surface area contributed by atoms with E-state index < -0.39 is 0 Å². The van der Waals surface area contributed by atoms with Gasteiger partial charge in [0, 0.05) is 28.4 Å². The molecule has 0 radical (unpaired) electrons. The van der Waals surface area contributed by atoms with Crippen LogP contribution in [0.4, 0.5) is 0 Å². The third-order valence-electron chi connectivity index (χ3n) is 6.30. The van der Waals surface area contributed by atoms with Crippen LogP contribution in [0.2, 0.25) is 0 Å². The Morgan fingerprint density at radius 2 is 0.893 bits per heavy atom. The minimum absolute atomic E-state index is 0.218. The lowest BCUT2D eigenvalue weighted by Crippen LogP contribution is -2.51. The summed E-state index contributed by atoms with van der Waals surface area (Å²) < 4.78 is 35.4. The molecule has 0 spiro atoms. The van der Waals surface area contributed by atoms with Crippen molar-refractivity contribution in [3.8, 4) is 0 Å². The van der Waals surface area contributed by atoms with Gasteiger partial charge in [-0.3, -0.25) is 0 Å². The van der Waals surface area contributed by atoms with Gasteiger partial charge in [0.2, 0.25) is 0 Å². The maximum Gasteiger partial charge on any atom is 0.114 e. The fraction of sp³-hybridized carbons (Fsp3) is 1.00. The van der Waals surface area contributed by atoms with Crippen LogP contribution in [0.15, 0.2) is 0 Å². The van der Waals surface area contributed by atoms with Crippen LogP contribution in [0.5, 0.6) is 0 Å². The van der Waals surface area contributed by atoms with Crippen molar-refractivity contribution in [2.45, 2.75) is 101 Å². The SMILES string of the molecule is CO[C@@H]([C@H](OC)[C@@H](COC1CCCCC1)OC)[C@H](COC1CCCCC1)OC. The van der Waals surface area contributed by atoms with E-state index in [0.717, 1.165) is 25.7 Å². The quantitative estimate of drug-likeness (QED) is 0.468. The summed E-state index contributed by atoms with van der Waals surface area (Å²) in [5.41, 5.74) is 0. The molecule has 28 heavy (non-hydrogen) atoms. The molecule has 4 atom stereocenters. The van der Waals surface area contributed by atoms with Crippen molar-refractivity contribution in [1.29, 1.82) is 0 Å². The van der Waals surface area contributed by atoms with Gasteiger partial charge in [-0.05, 0) is 25.7 Å². The Balaban J connectivity index is 1.90. The van der Waals surface area contributed by atoms with Crippen molar-refractivity contribution in [1.82, 2.24) is 0 Å². The predicted octanol–water partition coefficient (Wildman–Crippen LogP) is 3.75. The van der Waals surface area contributed by atoms with Gasteiger partial charge in [-0.1, -0.05) is 38.5 Å². The topological polar surface area (TPSA) is 55.4 Å². The van der Waals surface area contributed by atoms with Crippen molar-refractivity contribution in [2.24, 2.45) is 0 Å². The highest BCUT2D eigenvalue weighted by molar-refractivity contribution is 4.86. The molecule has 2 aliphatic carbocycles. The highest BCUT2D eigenvalue weighted by Gasteiger charge is 2.37. The lowest BCUT2D eigenvalue weighted by atomic mass is 9.97. The predicted molar refractivity (Wildman–Crippen MR) is 109 cm³/mol. The van der Waals surface area contributed by atoms with Crippen molar-refractivity contribution in [3.05, 3.63) is 0 Å². The van der Waals surface area contributed by atoms with Crippen LogP contribution >= 0.6 is 0 Å². The normalized spacial score (nSPS) is 24.0. The zero-order valence-corrected chi connectivity index (χ0v) is 18.4. The molecule has 6 nitrogen and oxygen atoms in total. The molecule has 0 saturated heterocycles. The first-order valence-electron chi connectivity index (χ1n) is 11.1. The van der Waals surface area contributed by atoms with Crippen LogP contribution in [0.1, 0.15) is 64.2 Å². The van der Waals surface area contributed by atoms with E-state index in [0.29, 0.717) is 25.4 Å². The molecular formula is C22H42O6. The molecule has 2 rings (SSSR count). The first-order valence-corrected chi connectivity index (χ1v) is 11.1. The Bertz CT molecular complexity index is 345. The highest BCUT2D eigenvalue weighted by Crippen LogP contribution is 2.24. The summed E-state index contributed by atoms with van der Waals surface area (Å²) in [7, 11) is 6.79. The van der Waals surface area contributed by atoms with Crippen LogP contribution in [-0.2, 0) is 28.4 Å². The van der Waals surface area contributed by atoms with E-state index in [9.17, 15) is 0 Å². The maximum absolute atomic E-state index is 6.15. The van der Waals surface area contributed by atoms with Crippen molar-refractivity contribution >= 4 is 0 Å². The van der Waals surface area contributed by atoms with Crippen molar-refractivity contribution in [2.75, 3.05) is 41.7 Å². The molecule has 0 aromatic rings. The summed E-state index contributed by atoms with van der Waals surface area (Å²) in [6, 6.07) is 0. The van der Waals surface area contributed by atoms with E-state index in [4.69, 9.17) is 28.4 Å². The number of hydrogen-bond donors (Lipinski definition) is 0. The molecule has 166 valence electrons. The number of ether oxygens (including phenoxy) is 6. The van der Waals surface area contributed by atoms with Gasteiger partial charge in [0.15, 0.2) is 0 Å². The second-order valence-electron chi connectivity index (χ2n) is 8.14. The molecule has 0 bridgehead atoms. The Labute approximate surface area is 171 Å². The summed E-state index contributed by atoms with van der Waals surface area (Å²) in [5, 5.41) is 0. The van der Waals surface area contributed by atoms with Gasteiger partial charge < -0.3 is 28.4 Å². The standard InChI is InChI=1S/C22H42O6/c1-23-19(15-27-17-11-7-5-8-12-17)21(25-3)22(26-4)20(24-2)16-28-18-13-9-6-10-14-18/h17-22H,5-16H2,1-4H3/t19-,20+,21-,22-/m1/s1. The first-order chi connectivity index (χ1) is 13.7. The molecule has 0 aromatic heterocycles. The maximum atomic E-state index is 6.15. The minimum atomic E-state index is -0.293. The molecule has 0 N–H and O–H groups in total. The lowest BCUT2D eigenvalue weighted by molar-refractivity contribution is -0.178. The van der Waals surface area contributed by atoms with Crippen molar-refractivity contribution in [3.63, 3.8) is 0 Å². The van der Waals surface area contributed by atoms with Crippen LogP contribution in [0.25, 0.3) is 0 Å². The molecule has 2 aliphatic rings. The monoisotopic (exact) mass is 402 g/mol.